The highest BCUT2D eigenvalue weighted by Gasteiger charge is 2.15. The maximum Gasteiger partial charge on any atom is 0.125 e. The minimum Gasteiger partial charge on any atom is -0.494 e. The molecule has 17 heavy (non-hydrogen) atoms. The predicted octanol–water partition coefficient (Wildman–Crippen LogP) is 2.23. The van der Waals surface area contributed by atoms with E-state index in [1.807, 2.05) is 19.1 Å². The summed E-state index contributed by atoms with van der Waals surface area (Å²) >= 11 is 0. The van der Waals surface area contributed by atoms with Crippen molar-refractivity contribution in [1.82, 2.24) is 0 Å². The smallest absolute Gasteiger partial charge is 0.125 e. The summed E-state index contributed by atoms with van der Waals surface area (Å²) in [6, 6.07) is 5.52. The number of rotatable bonds is 4. The van der Waals surface area contributed by atoms with Gasteiger partial charge in [-0.2, -0.15) is 0 Å². The first kappa shape index (κ1) is 12.0. The van der Waals surface area contributed by atoms with Crippen molar-refractivity contribution in [3.8, 4) is 11.5 Å². The summed E-state index contributed by atoms with van der Waals surface area (Å²) in [6.07, 6.45) is 2.08. The molecule has 0 atom stereocenters. The molecule has 4 heteroatoms. The minimum absolute atomic E-state index is 0.222. The van der Waals surface area contributed by atoms with Crippen molar-refractivity contribution in [3.05, 3.63) is 18.2 Å². The molecule has 0 unspecified atom stereocenters. The number of nitrogens with two attached hydrogens (primary N) is 1. The Balaban J connectivity index is 2.03. The van der Waals surface area contributed by atoms with Gasteiger partial charge >= 0.3 is 0 Å². The first-order valence-electron chi connectivity index (χ1n) is 6.05. The van der Waals surface area contributed by atoms with E-state index in [4.69, 9.17) is 19.9 Å². The lowest BCUT2D eigenvalue weighted by Crippen LogP contribution is -2.25. The van der Waals surface area contributed by atoms with Crippen molar-refractivity contribution >= 4 is 5.69 Å². The van der Waals surface area contributed by atoms with Gasteiger partial charge in [0.05, 0.1) is 19.8 Å². The fourth-order valence-electron chi connectivity index (χ4n) is 1.90. The zero-order valence-corrected chi connectivity index (χ0v) is 10.1. The van der Waals surface area contributed by atoms with Gasteiger partial charge in [-0.3, -0.25) is 0 Å². The highest BCUT2D eigenvalue weighted by atomic mass is 16.5. The van der Waals surface area contributed by atoms with Crippen LogP contribution in [0.25, 0.3) is 0 Å². The Labute approximate surface area is 102 Å². The third-order valence-electron chi connectivity index (χ3n) is 2.68. The van der Waals surface area contributed by atoms with Crippen molar-refractivity contribution in [2.24, 2.45) is 0 Å². The van der Waals surface area contributed by atoms with Gasteiger partial charge in [0.2, 0.25) is 0 Å². The van der Waals surface area contributed by atoms with E-state index in [1.165, 1.54) is 0 Å². The van der Waals surface area contributed by atoms with E-state index in [9.17, 15) is 0 Å². The highest BCUT2D eigenvalue weighted by molar-refractivity contribution is 5.50. The summed E-state index contributed by atoms with van der Waals surface area (Å²) in [4.78, 5) is 0. The predicted molar refractivity (Wildman–Crippen MR) is 66.5 cm³/mol. The fourth-order valence-corrected chi connectivity index (χ4v) is 1.90. The Morgan fingerprint density at radius 1 is 1.24 bits per heavy atom. The van der Waals surface area contributed by atoms with E-state index in [1.54, 1.807) is 6.07 Å². The number of ether oxygens (including phenoxy) is 3. The van der Waals surface area contributed by atoms with Gasteiger partial charge < -0.3 is 19.9 Å². The summed E-state index contributed by atoms with van der Waals surface area (Å²) in [5.74, 6) is 1.54. The van der Waals surface area contributed by atoms with Gasteiger partial charge in [-0.05, 0) is 6.92 Å². The molecule has 1 aliphatic heterocycles. The van der Waals surface area contributed by atoms with E-state index in [0.717, 1.165) is 37.6 Å². The molecule has 0 aromatic heterocycles. The van der Waals surface area contributed by atoms with Crippen molar-refractivity contribution in [2.45, 2.75) is 25.9 Å². The van der Waals surface area contributed by atoms with Crippen LogP contribution in [0.15, 0.2) is 18.2 Å². The molecule has 1 heterocycles. The highest BCUT2D eigenvalue weighted by Crippen LogP contribution is 2.26. The van der Waals surface area contributed by atoms with E-state index >= 15 is 0 Å². The lowest BCUT2D eigenvalue weighted by atomic mass is 10.1. The second kappa shape index (κ2) is 5.77. The van der Waals surface area contributed by atoms with Crippen molar-refractivity contribution in [1.29, 1.82) is 0 Å². The molecule has 1 aromatic carbocycles. The Kier molecular flexibility index (Phi) is 4.09. The summed E-state index contributed by atoms with van der Waals surface area (Å²) in [7, 11) is 0. The molecule has 1 saturated heterocycles. The average molecular weight is 237 g/mol. The van der Waals surface area contributed by atoms with Gasteiger partial charge in [0.15, 0.2) is 0 Å². The van der Waals surface area contributed by atoms with Crippen LogP contribution in [-0.4, -0.2) is 25.9 Å². The number of benzene rings is 1. The van der Waals surface area contributed by atoms with Crippen LogP contribution in [0, 0.1) is 0 Å². The fraction of sp³-hybridized carbons (Fsp3) is 0.538. The molecule has 94 valence electrons. The summed E-state index contributed by atoms with van der Waals surface area (Å²) in [5.41, 5.74) is 6.47. The average Bonchev–Trinajstić information content (AvgIpc) is 2.30. The first-order valence-corrected chi connectivity index (χ1v) is 6.05. The van der Waals surface area contributed by atoms with Gasteiger partial charge in [-0.1, -0.05) is 0 Å². The van der Waals surface area contributed by atoms with E-state index in [0.29, 0.717) is 12.3 Å². The molecular formula is C13H19NO3. The molecule has 0 aliphatic carbocycles. The normalized spacial score (nSPS) is 16.8. The Bertz CT molecular complexity index is 362. The monoisotopic (exact) mass is 237 g/mol. The van der Waals surface area contributed by atoms with Crippen LogP contribution in [0.1, 0.15) is 19.8 Å². The number of anilines is 1. The quantitative estimate of drug-likeness (QED) is 0.816. The maximum atomic E-state index is 5.88. The SMILES string of the molecule is CCOc1cc(N)cc(OC2CCOCC2)c1. The Morgan fingerprint density at radius 2 is 1.94 bits per heavy atom. The first-order chi connectivity index (χ1) is 8.28. The second-order valence-corrected chi connectivity index (χ2v) is 4.10. The van der Waals surface area contributed by atoms with Crippen molar-refractivity contribution in [2.75, 3.05) is 25.6 Å². The largest absolute Gasteiger partial charge is 0.494 e. The number of hydrogen-bond acceptors (Lipinski definition) is 4. The Morgan fingerprint density at radius 3 is 2.65 bits per heavy atom. The van der Waals surface area contributed by atoms with Gasteiger partial charge in [-0.15, -0.1) is 0 Å². The van der Waals surface area contributed by atoms with Gasteiger partial charge in [-0.25, -0.2) is 0 Å². The summed E-state index contributed by atoms with van der Waals surface area (Å²) in [5, 5.41) is 0. The second-order valence-electron chi connectivity index (χ2n) is 4.10. The maximum absolute atomic E-state index is 5.88. The molecule has 1 aliphatic rings. The third-order valence-corrected chi connectivity index (χ3v) is 2.68. The Hall–Kier alpha value is -1.42. The van der Waals surface area contributed by atoms with Gasteiger partial charge in [0, 0.05) is 36.7 Å². The van der Waals surface area contributed by atoms with E-state index < -0.39 is 0 Å². The van der Waals surface area contributed by atoms with Crippen LogP contribution in [0.5, 0.6) is 11.5 Å². The third kappa shape index (κ3) is 3.53. The molecule has 1 aromatic rings. The van der Waals surface area contributed by atoms with Crippen LogP contribution in [-0.2, 0) is 4.74 Å². The van der Waals surface area contributed by atoms with Crippen molar-refractivity contribution in [3.63, 3.8) is 0 Å². The van der Waals surface area contributed by atoms with Crippen LogP contribution in [0.3, 0.4) is 0 Å². The molecule has 0 spiro atoms. The van der Waals surface area contributed by atoms with Crippen LogP contribution in [0.2, 0.25) is 0 Å². The van der Waals surface area contributed by atoms with Gasteiger partial charge in [0.25, 0.3) is 0 Å². The summed E-state index contributed by atoms with van der Waals surface area (Å²) in [6.45, 7) is 4.11. The molecule has 0 amide bonds. The zero-order chi connectivity index (χ0) is 12.1. The molecule has 2 N–H and O–H groups in total. The van der Waals surface area contributed by atoms with E-state index in [-0.39, 0.29) is 6.10 Å². The molecule has 2 rings (SSSR count). The van der Waals surface area contributed by atoms with Crippen LogP contribution < -0.4 is 15.2 Å². The van der Waals surface area contributed by atoms with Crippen molar-refractivity contribution < 1.29 is 14.2 Å². The number of nitrogen functional groups attached to an aromatic ring is 1. The minimum atomic E-state index is 0.222. The topological polar surface area (TPSA) is 53.7 Å². The van der Waals surface area contributed by atoms with E-state index in [2.05, 4.69) is 0 Å². The van der Waals surface area contributed by atoms with Crippen LogP contribution in [0.4, 0.5) is 5.69 Å². The molecule has 0 bridgehead atoms. The molecule has 1 fully saturated rings. The lowest BCUT2D eigenvalue weighted by Gasteiger charge is -2.23. The molecule has 0 radical (unpaired) electrons. The lowest BCUT2D eigenvalue weighted by molar-refractivity contribution is 0.0255. The summed E-state index contributed by atoms with van der Waals surface area (Å²) < 4.78 is 16.6. The standard InChI is InChI=1S/C13H19NO3/c1-2-16-12-7-10(14)8-13(9-12)17-11-3-5-15-6-4-11/h7-9,11H,2-6,14H2,1H3. The zero-order valence-electron chi connectivity index (χ0n) is 10.1. The molecule has 0 saturated carbocycles. The van der Waals surface area contributed by atoms with Crippen LogP contribution >= 0.6 is 0 Å². The number of hydrogen-bond donors (Lipinski definition) is 1. The molecular weight excluding hydrogens is 218 g/mol. The molecule has 4 nitrogen and oxygen atoms in total. The van der Waals surface area contributed by atoms with Gasteiger partial charge in [0.1, 0.15) is 17.6 Å².